The van der Waals surface area contributed by atoms with Gasteiger partial charge in [-0.15, -0.1) is 0 Å². The van der Waals surface area contributed by atoms with Crippen LogP contribution in [0.4, 0.5) is 5.69 Å². The Balaban J connectivity index is 1.56. The maximum Gasteiger partial charge on any atom is 0.251 e. The van der Waals surface area contributed by atoms with E-state index < -0.39 is 10.8 Å². The Morgan fingerprint density at radius 3 is 2.54 bits per heavy atom. The maximum atomic E-state index is 12.4. The van der Waals surface area contributed by atoms with Gasteiger partial charge in [-0.1, -0.05) is 24.3 Å². The molecule has 0 saturated carbocycles. The first-order valence-electron chi connectivity index (χ1n) is 8.70. The second-order valence-electron chi connectivity index (χ2n) is 6.37. The minimum atomic E-state index is -0.920. The second-order valence-corrected chi connectivity index (χ2v) is 7.80. The number of nitrogens with one attached hydrogen (secondary N) is 1. The first kappa shape index (κ1) is 18.6. The van der Waals surface area contributed by atoms with Crippen molar-refractivity contribution in [2.45, 2.75) is 12.3 Å². The summed E-state index contributed by atoms with van der Waals surface area (Å²) in [6.07, 6.45) is 1.66. The van der Waals surface area contributed by atoms with Crippen LogP contribution in [0.3, 0.4) is 0 Å². The molecule has 0 radical (unpaired) electrons. The minimum Gasteiger partial charge on any atom is -0.378 e. The van der Waals surface area contributed by atoms with Crippen LogP contribution in [0.1, 0.15) is 21.5 Å². The number of hydrogen-bond acceptors (Lipinski definition) is 4. The van der Waals surface area contributed by atoms with Crippen molar-refractivity contribution in [2.75, 3.05) is 37.5 Å². The van der Waals surface area contributed by atoms with Crippen LogP contribution in [0.5, 0.6) is 0 Å². The molecule has 2 aromatic rings. The van der Waals surface area contributed by atoms with E-state index in [0.29, 0.717) is 17.9 Å². The number of rotatable bonds is 6. The summed E-state index contributed by atoms with van der Waals surface area (Å²) >= 11 is 0. The van der Waals surface area contributed by atoms with Gasteiger partial charge in [0.2, 0.25) is 0 Å². The Kier molecular flexibility index (Phi) is 6.41. The summed E-state index contributed by atoms with van der Waals surface area (Å²) in [6, 6.07) is 15.6. The quantitative estimate of drug-likeness (QED) is 0.846. The maximum absolute atomic E-state index is 12.4. The average molecular weight is 372 g/mol. The van der Waals surface area contributed by atoms with Crippen LogP contribution in [0.2, 0.25) is 0 Å². The average Bonchev–Trinajstić information content (AvgIpc) is 2.67. The second kappa shape index (κ2) is 8.96. The fraction of sp³-hybridized carbons (Fsp3) is 0.350. The number of hydrogen-bond donors (Lipinski definition) is 1. The third kappa shape index (κ3) is 5.16. The van der Waals surface area contributed by atoms with Crippen LogP contribution >= 0.6 is 0 Å². The van der Waals surface area contributed by atoms with Crippen molar-refractivity contribution in [2.24, 2.45) is 0 Å². The highest BCUT2D eigenvalue weighted by Gasteiger charge is 2.11. The fourth-order valence-electron chi connectivity index (χ4n) is 2.97. The number of carbonyl (C=O) groups is 1. The van der Waals surface area contributed by atoms with Gasteiger partial charge in [-0.25, -0.2) is 0 Å². The summed E-state index contributed by atoms with van der Waals surface area (Å²) in [7, 11) is -0.920. The van der Waals surface area contributed by atoms with Gasteiger partial charge in [-0.2, -0.15) is 0 Å². The summed E-state index contributed by atoms with van der Waals surface area (Å²) in [6.45, 7) is 3.83. The fourth-order valence-corrected chi connectivity index (χ4v) is 3.62. The van der Waals surface area contributed by atoms with Crippen LogP contribution in [0, 0.1) is 0 Å². The van der Waals surface area contributed by atoms with Crippen LogP contribution in [0.25, 0.3) is 0 Å². The van der Waals surface area contributed by atoms with Crippen molar-refractivity contribution in [1.29, 1.82) is 0 Å². The monoisotopic (exact) mass is 372 g/mol. The molecule has 1 atom stereocenters. The first-order valence-corrected chi connectivity index (χ1v) is 10.4. The molecule has 1 amide bonds. The highest BCUT2D eigenvalue weighted by molar-refractivity contribution is 7.83. The number of anilines is 1. The van der Waals surface area contributed by atoms with Crippen LogP contribution < -0.4 is 10.2 Å². The molecule has 1 N–H and O–H groups in total. The molecule has 138 valence electrons. The number of morpholine rings is 1. The Labute approximate surface area is 156 Å². The van der Waals surface area contributed by atoms with Gasteiger partial charge in [-0.3, -0.25) is 9.00 Å². The lowest BCUT2D eigenvalue weighted by Crippen LogP contribution is -2.36. The van der Waals surface area contributed by atoms with Crippen molar-refractivity contribution >= 4 is 22.4 Å². The van der Waals surface area contributed by atoms with E-state index in [4.69, 9.17) is 4.74 Å². The van der Waals surface area contributed by atoms with Crippen molar-refractivity contribution < 1.29 is 13.7 Å². The van der Waals surface area contributed by atoms with Gasteiger partial charge < -0.3 is 15.0 Å². The highest BCUT2D eigenvalue weighted by Crippen LogP contribution is 2.16. The van der Waals surface area contributed by atoms with E-state index in [9.17, 15) is 9.00 Å². The summed E-state index contributed by atoms with van der Waals surface area (Å²) in [4.78, 5) is 14.7. The normalized spacial score (nSPS) is 15.5. The zero-order valence-electron chi connectivity index (χ0n) is 14.9. The van der Waals surface area contributed by atoms with Crippen molar-refractivity contribution in [1.82, 2.24) is 5.32 Å². The largest absolute Gasteiger partial charge is 0.378 e. The van der Waals surface area contributed by atoms with E-state index >= 15 is 0 Å². The Bertz CT molecular complexity index is 771. The molecule has 2 aromatic carbocycles. The summed E-state index contributed by atoms with van der Waals surface area (Å²) in [5.41, 5.74) is 3.75. The SMILES string of the molecule is CS(=O)Cc1cccc(C(=O)NCc2ccc(N3CCOCC3)cc2)c1. The van der Waals surface area contributed by atoms with Gasteiger partial charge >= 0.3 is 0 Å². The van der Waals surface area contributed by atoms with E-state index in [1.165, 1.54) is 5.69 Å². The lowest BCUT2D eigenvalue weighted by Gasteiger charge is -2.28. The molecule has 1 aliphatic rings. The van der Waals surface area contributed by atoms with Gasteiger partial charge in [0.15, 0.2) is 0 Å². The van der Waals surface area contributed by atoms with E-state index in [-0.39, 0.29) is 5.91 Å². The van der Waals surface area contributed by atoms with Crippen LogP contribution in [-0.4, -0.2) is 42.7 Å². The van der Waals surface area contributed by atoms with Crippen molar-refractivity contribution in [3.63, 3.8) is 0 Å². The standard InChI is InChI=1S/C20H24N2O3S/c1-26(24)15-17-3-2-4-18(13-17)20(23)21-14-16-5-7-19(8-6-16)22-9-11-25-12-10-22/h2-8,13H,9-12,14-15H2,1H3,(H,21,23). The molecule has 0 bridgehead atoms. The number of nitrogens with zero attached hydrogens (tertiary/aromatic N) is 1. The predicted octanol–water partition coefficient (Wildman–Crippen LogP) is 2.33. The molecule has 0 aliphatic carbocycles. The Morgan fingerprint density at radius 1 is 1.12 bits per heavy atom. The minimum absolute atomic E-state index is 0.119. The molecule has 5 nitrogen and oxygen atoms in total. The van der Waals surface area contributed by atoms with E-state index in [1.54, 1.807) is 18.4 Å². The zero-order valence-corrected chi connectivity index (χ0v) is 15.8. The molecular weight excluding hydrogens is 348 g/mol. The van der Waals surface area contributed by atoms with Gasteiger partial charge in [-0.05, 0) is 35.4 Å². The number of benzene rings is 2. The number of ether oxygens (including phenoxy) is 1. The van der Waals surface area contributed by atoms with Crippen LogP contribution in [-0.2, 0) is 27.8 Å². The summed E-state index contributed by atoms with van der Waals surface area (Å²) in [5.74, 6) is 0.343. The molecule has 1 saturated heterocycles. The Hall–Kier alpha value is -2.18. The van der Waals surface area contributed by atoms with Crippen LogP contribution in [0.15, 0.2) is 48.5 Å². The molecule has 1 fully saturated rings. The molecular formula is C20H24N2O3S. The number of carbonyl (C=O) groups excluding carboxylic acids is 1. The van der Waals surface area contributed by atoms with Gasteiger partial charge in [0.05, 0.1) is 13.2 Å². The zero-order chi connectivity index (χ0) is 18.4. The molecule has 1 heterocycles. The summed E-state index contributed by atoms with van der Waals surface area (Å²) < 4.78 is 16.7. The molecule has 3 rings (SSSR count). The molecule has 26 heavy (non-hydrogen) atoms. The first-order chi connectivity index (χ1) is 12.6. The highest BCUT2D eigenvalue weighted by atomic mass is 32.2. The van der Waals surface area contributed by atoms with Crippen molar-refractivity contribution in [3.8, 4) is 0 Å². The molecule has 0 aromatic heterocycles. The smallest absolute Gasteiger partial charge is 0.251 e. The lowest BCUT2D eigenvalue weighted by atomic mass is 10.1. The lowest BCUT2D eigenvalue weighted by molar-refractivity contribution is 0.0950. The van der Waals surface area contributed by atoms with E-state index in [1.807, 2.05) is 24.3 Å². The molecule has 6 heteroatoms. The molecule has 1 unspecified atom stereocenters. The topological polar surface area (TPSA) is 58.6 Å². The third-order valence-corrected chi connectivity index (χ3v) is 5.06. The van der Waals surface area contributed by atoms with E-state index in [2.05, 4.69) is 22.3 Å². The molecule has 0 spiro atoms. The Morgan fingerprint density at radius 2 is 1.85 bits per heavy atom. The van der Waals surface area contributed by atoms with E-state index in [0.717, 1.165) is 37.4 Å². The van der Waals surface area contributed by atoms with Gasteiger partial charge in [0.25, 0.3) is 5.91 Å². The third-order valence-electron chi connectivity index (χ3n) is 4.32. The van der Waals surface area contributed by atoms with Gasteiger partial charge in [0.1, 0.15) is 0 Å². The number of amides is 1. The predicted molar refractivity (Wildman–Crippen MR) is 105 cm³/mol. The van der Waals surface area contributed by atoms with Gasteiger partial charge in [0, 0.05) is 53.7 Å². The molecule has 1 aliphatic heterocycles. The summed E-state index contributed by atoms with van der Waals surface area (Å²) in [5, 5.41) is 2.95. The van der Waals surface area contributed by atoms with Crippen molar-refractivity contribution in [3.05, 3.63) is 65.2 Å².